The Morgan fingerprint density at radius 2 is 2.12 bits per heavy atom. The first-order chi connectivity index (χ1) is 7.48. The molecular weight excluding hydrogens is 198 g/mol. The fourth-order valence-corrected chi connectivity index (χ4v) is 2.74. The van der Waals surface area contributed by atoms with E-state index in [9.17, 15) is 0 Å². The van der Waals surface area contributed by atoms with E-state index >= 15 is 0 Å². The first-order valence-corrected chi connectivity index (χ1v) is 6.16. The zero-order valence-corrected chi connectivity index (χ0v) is 11.3. The van der Waals surface area contributed by atoms with E-state index < -0.39 is 0 Å². The van der Waals surface area contributed by atoms with Crippen molar-refractivity contribution in [2.75, 3.05) is 46.8 Å². The molecule has 0 radical (unpaired) electrons. The molecule has 1 heterocycles. The predicted molar refractivity (Wildman–Crippen MR) is 70.8 cm³/mol. The van der Waals surface area contributed by atoms with Gasteiger partial charge in [0.2, 0.25) is 0 Å². The van der Waals surface area contributed by atoms with Gasteiger partial charge in [-0.1, -0.05) is 19.9 Å². The van der Waals surface area contributed by atoms with E-state index in [0.29, 0.717) is 11.5 Å². The third-order valence-electron chi connectivity index (χ3n) is 3.25. The second-order valence-corrected chi connectivity index (χ2v) is 5.77. The molecule has 0 aromatic rings. The Morgan fingerprint density at radius 1 is 1.44 bits per heavy atom. The van der Waals surface area contributed by atoms with Crippen LogP contribution in [-0.4, -0.2) is 62.7 Å². The van der Waals surface area contributed by atoms with Crippen LogP contribution >= 0.6 is 0 Å². The van der Waals surface area contributed by atoms with Crippen LogP contribution in [0.2, 0.25) is 0 Å². The van der Waals surface area contributed by atoms with Crippen molar-refractivity contribution < 1.29 is 0 Å². The second kappa shape index (κ2) is 5.80. The molecule has 1 N–H and O–H groups in total. The molecular formula is C13H27N3. The molecule has 1 aliphatic rings. The molecule has 1 aliphatic heterocycles. The van der Waals surface area contributed by atoms with Gasteiger partial charge in [0.05, 0.1) is 0 Å². The average molecular weight is 225 g/mol. The zero-order chi connectivity index (χ0) is 12.2. The summed E-state index contributed by atoms with van der Waals surface area (Å²) in [5.74, 6) is 0. The lowest BCUT2D eigenvalue weighted by Gasteiger charge is -2.30. The fourth-order valence-electron chi connectivity index (χ4n) is 2.74. The Bertz CT molecular complexity index is 225. The molecule has 16 heavy (non-hydrogen) atoms. The quantitative estimate of drug-likeness (QED) is 0.721. The third-order valence-corrected chi connectivity index (χ3v) is 3.25. The molecule has 1 atom stereocenters. The first kappa shape index (κ1) is 13.7. The van der Waals surface area contributed by atoms with Gasteiger partial charge in [0.1, 0.15) is 0 Å². The zero-order valence-electron chi connectivity index (χ0n) is 11.3. The third kappa shape index (κ3) is 3.89. The Morgan fingerprint density at radius 3 is 2.69 bits per heavy atom. The van der Waals surface area contributed by atoms with Gasteiger partial charge in [-0.2, -0.15) is 0 Å². The molecule has 0 amide bonds. The van der Waals surface area contributed by atoms with Crippen molar-refractivity contribution >= 4 is 0 Å². The summed E-state index contributed by atoms with van der Waals surface area (Å²) >= 11 is 0. The van der Waals surface area contributed by atoms with E-state index in [-0.39, 0.29) is 0 Å². The molecule has 0 spiro atoms. The summed E-state index contributed by atoms with van der Waals surface area (Å²) in [4.78, 5) is 5.00. The van der Waals surface area contributed by atoms with Crippen molar-refractivity contribution in [3.05, 3.63) is 12.7 Å². The van der Waals surface area contributed by atoms with Crippen molar-refractivity contribution in [3.8, 4) is 0 Å². The lowest BCUT2D eigenvalue weighted by molar-refractivity contribution is 0.191. The lowest BCUT2D eigenvalue weighted by Crippen LogP contribution is -2.44. The van der Waals surface area contributed by atoms with Gasteiger partial charge in [-0.05, 0) is 19.5 Å². The van der Waals surface area contributed by atoms with Crippen molar-refractivity contribution in [1.82, 2.24) is 15.1 Å². The van der Waals surface area contributed by atoms with Crippen LogP contribution in [0.15, 0.2) is 12.7 Å². The SMILES string of the molecule is C=CCN1CC(CNC)N(C)CC(C)(C)C1. The molecule has 1 rings (SSSR count). The summed E-state index contributed by atoms with van der Waals surface area (Å²) in [6.07, 6.45) is 2.01. The molecule has 1 saturated heterocycles. The standard InChI is InChI=1S/C13H27N3/c1-6-7-16-9-12(8-14-4)15(5)10-13(2,3)11-16/h6,12,14H,1,7-11H2,2-5H3. The Hall–Kier alpha value is -0.380. The number of likely N-dealkylation sites (N-methyl/N-ethyl adjacent to an activating group) is 2. The highest BCUT2D eigenvalue weighted by Gasteiger charge is 2.31. The average Bonchev–Trinajstić information content (AvgIpc) is 2.24. The molecule has 0 aliphatic carbocycles. The number of nitrogens with zero attached hydrogens (tertiary/aromatic N) is 2. The molecule has 3 heteroatoms. The number of hydrogen-bond donors (Lipinski definition) is 1. The lowest BCUT2D eigenvalue weighted by atomic mass is 9.92. The Kier molecular flexibility index (Phi) is 4.96. The normalized spacial score (nSPS) is 27.6. The topological polar surface area (TPSA) is 18.5 Å². The molecule has 94 valence electrons. The maximum atomic E-state index is 3.85. The minimum absolute atomic E-state index is 0.361. The van der Waals surface area contributed by atoms with E-state index in [1.165, 1.54) is 0 Å². The van der Waals surface area contributed by atoms with E-state index in [2.05, 4.69) is 42.6 Å². The van der Waals surface area contributed by atoms with Crippen LogP contribution in [0.1, 0.15) is 13.8 Å². The predicted octanol–water partition coefficient (Wildman–Crippen LogP) is 1.03. The van der Waals surface area contributed by atoms with Gasteiger partial charge >= 0.3 is 0 Å². The van der Waals surface area contributed by atoms with Gasteiger partial charge in [-0.15, -0.1) is 6.58 Å². The summed E-state index contributed by atoms with van der Waals surface area (Å²) in [5.41, 5.74) is 0.361. The second-order valence-electron chi connectivity index (χ2n) is 5.77. The van der Waals surface area contributed by atoms with Crippen LogP contribution in [0.4, 0.5) is 0 Å². The van der Waals surface area contributed by atoms with Crippen molar-refractivity contribution in [1.29, 1.82) is 0 Å². The summed E-state index contributed by atoms with van der Waals surface area (Å²) < 4.78 is 0. The summed E-state index contributed by atoms with van der Waals surface area (Å²) in [6.45, 7) is 14.1. The van der Waals surface area contributed by atoms with E-state index in [1.54, 1.807) is 0 Å². The van der Waals surface area contributed by atoms with E-state index in [4.69, 9.17) is 0 Å². The fraction of sp³-hybridized carbons (Fsp3) is 0.846. The largest absolute Gasteiger partial charge is 0.318 e. The van der Waals surface area contributed by atoms with Crippen molar-refractivity contribution in [2.45, 2.75) is 19.9 Å². The number of rotatable bonds is 4. The minimum Gasteiger partial charge on any atom is -0.318 e. The maximum absolute atomic E-state index is 3.85. The summed E-state index contributed by atoms with van der Waals surface area (Å²) in [7, 11) is 4.27. The smallest absolute Gasteiger partial charge is 0.0345 e. The Balaban J connectivity index is 2.71. The van der Waals surface area contributed by atoms with E-state index in [0.717, 1.165) is 32.7 Å². The van der Waals surface area contributed by atoms with E-state index in [1.807, 2.05) is 13.1 Å². The molecule has 1 unspecified atom stereocenters. The van der Waals surface area contributed by atoms with Gasteiger partial charge in [-0.3, -0.25) is 4.90 Å². The van der Waals surface area contributed by atoms with Crippen LogP contribution in [0.25, 0.3) is 0 Å². The number of hydrogen-bond acceptors (Lipinski definition) is 3. The van der Waals surface area contributed by atoms with Gasteiger partial charge in [0.15, 0.2) is 0 Å². The van der Waals surface area contributed by atoms with Gasteiger partial charge in [0, 0.05) is 38.8 Å². The minimum atomic E-state index is 0.361. The molecule has 0 aromatic carbocycles. The highest BCUT2D eigenvalue weighted by molar-refractivity contribution is 4.89. The van der Waals surface area contributed by atoms with Crippen LogP contribution in [-0.2, 0) is 0 Å². The molecule has 1 fully saturated rings. The van der Waals surface area contributed by atoms with Gasteiger partial charge in [-0.25, -0.2) is 0 Å². The van der Waals surface area contributed by atoms with Gasteiger partial charge in [0.25, 0.3) is 0 Å². The molecule has 0 bridgehead atoms. The first-order valence-electron chi connectivity index (χ1n) is 6.16. The summed E-state index contributed by atoms with van der Waals surface area (Å²) in [6, 6.07) is 0.603. The van der Waals surface area contributed by atoms with Crippen molar-refractivity contribution in [3.63, 3.8) is 0 Å². The number of nitrogens with one attached hydrogen (secondary N) is 1. The molecule has 0 aromatic heterocycles. The highest BCUT2D eigenvalue weighted by Crippen LogP contribution is 2.23. The van der Waals surface area contributed by atoms with Crippen LogP contribution in [0, 0.1) is 5.41 Å². The van der Waals surface area contributed by atoms with Crippen LogP contribution in [0.5, 0.6) is 0 Å². The molecule has 0 saturated carbocycles. The Labute approximate surface area is 100 Å². The van der Waals surface area contributed by atoms with Crippen LogP contribution < -0.4 is 5.32 Å². The molecule has 3 nitrogen and oxygen atoms in total. The monoisotopic (exact) mass is 225 g/mol. The van der Waals surface area contributed by atoms with Gasteiger partial charge < -0.3 is 10.2 Å². The summed E-state index contributed by atoms with van der Waals surface area (Å²) in [5, 5.41) is 3.29. The maximum Gasteiger partial charge on any atom is 0.0345 e. The van der Waals surface area contributed by atoms with Crippen LogP contribution in [0.3, 0.4) is 0 Å². The van der Waals surface area contributed by atoms with Crippen molar-refractivity contribution in [2.24, 2.45) is 5.41 Å². The highest BCUT2D eigenvalue weighted by atomic mass is 15.2.